The minimum Gasteiger partial charge on any atom is -0.465 e. The zero-order valence-electron chi connectivity index (χ0n) is 9.70. The fourth-order valence-corrected chi connectivity index (χ4v) is 2.55. The van der Waals surface area contributed by atoms with Crippen LogP contribution in [0, 0.1) is 6.92 Å². The molecule has 1 amide bonds. The van der Waals surface area contributed by atoms with Crippen molar-refractivity contribution in [2.45, 2.75) is 25.8 Å². The van der Waals surface area contributed by atoms with Gasteiger partial charge in [0.1, 0.15) is 5.00 Å². The van der Waals surface area contributed by atoms with Gasteiger partial charge in [0.15, 0.2) is 0 Å². The average molecular weight is 254 g/mol. The van der Waals surface area contributed by atoms with Gasteiger partial charge in [-0.1, -0.05) is 0 Å². The van der Waals surface area contributed by atoms with E-state index < -0.39 is 5.97 Å². The Bertz CT molecular complexity index is 477. The van der Waals surface area contributed by atoms with Crippen LogP contribution in [0.4, 0.5) is 5.00 Å². The van der Waals surface area contributed by atoms with Crippen molar-refractivity contribution in [3.05, 3.63) is 16.0 Å². The fraction of sp³-hybridized carbons (Fsp3) is 0.455. The third kappa shape index (κ3) is 2.26. The minimum absolute atomic E-state index is 0.156. The molecule has 0 bridgehead atoms. The second-order valence-corrected chi connectivity index (χ2v) is 5.09. The third-order valence-corrected chi connectivity index (χ3v) is 3.80. The SMILES string of the molecule is COC(=O)c1c(N)sc(C(=O)NC2CC2)c1C. The summed E-state index contributed by atoms with van der Waals surface area (Å²) in [5.41, 5.74) is 6.64. The molecule has 0 aromatic carbocycles. The standard InChI is InChI=1S/C11H14N2O3S/c1-5-7(11(15)16-2)9(12)17-8(5)10(14)13-6-3-4-6/h6H,3-4,12H2,1-2H3,(H,13,14). The van der Waals surface area contributed by atoms with Crippen molar-refractivity contribution < 1.29 is 14.3 Å². The van der Waals surface area contributed by atoms with Crippen molar-refractivity contribution in [2.75, 3.05) is 12.8 Å². The van der Waals surface area contributed by atoms with E-state index >= 15 is 0 Å². The lowest BCUT2D eigenvalue weighted by Gasteiger charge is -2.02. The highest BCUT2D eigenvalue weighted by Crippen LogP contribution is 2.31. The molecule has 1 heterocycles. The quantitative estimate of drug-likeness (QED) is 0.797. The van der Waals surface area contributed by atoms with Crippen LogP contribution in [0.15, 0.2) is 0 Å². The van der Waals surface area contributed by atoms with Gasteiger partial charge < -0.3 is 15.8 Å². The summed E-state index contributed by atoms with van der Waals surface area (Å²) >= 11 is 1.13. The maximum Gasteiger partial charge on any atom is 0.341 e. The van der Waals surface area contributed by atoms with Crippen LogP contribution in [-0.2, 0) is 4.74 Å². The highest BCUT2D eigenvalue weighted by atomic mass is 32.1. The van der Waals surface area contributed by atoms with Gasteiger partial charge >= 0.3 is 5.97 Å². The van der Waals surface area contributed by atoms with Crippen LogP contribution < -0.4 is 11.1 Å². The molecule has 5 nitrogen and oxygen atoms in total. The first-order valence-corrected chi connectivity index (χ1v) is 6.14. The maximum atomic E-state index is 11.9. The number of esters is 1. The van der Waals surface area contributed by atoms with E-state index in [1.54, 1.807) is 6.92 Å². The van der Waals surface area contributed by atoms with Crippen molar-refractivity contribution in [2.24, 2.45) is 0 Å². The van der Waals surface area contributed by atoms with Crippen molar-refractivity contribution in [1.82, 2.24) is 5.32 Å². The number of hydrogen-bond acceptors (Lipinski definition) is 5. The number of anilines is 1. The van der Waals surface area contributed by atoms with Crippen molar-refractivity contribution in [3.63, 3.8) is 0 Å². The van der Waals surface area contributed by atoms with Crippen molar-refractivity contribution in [3.8, 4) is 0 Å². The van der Waals surface area contributed by atoms with E-state index in [0.29, 0.717) is 21.0 Å². The summed E-state index contributed by atoms with van der Waals surface area (Å²) in [5.74, 6) is -0.654. The molecule has 0 spiro atoms. The number of hydrogen-bond donors (Lipinski definition) is 2. The Morgan fingerprint density at radius 3 is 2.65 bits per heavy atom. The number of thiophene rings is 1. The van der Waals surface area contributed by atoms with Crippen LogP contribution in [0.1, 0.15) is 38.4 Å². The fourth-order valence-electron chi connectivity index (χ4n) is 1.59. The molecule has 0 radical (unpaired) electrons. The van der Waals surface area contributed by atoms with Crippen LogP contribution in [0.5, 0.6) is 0 Å². The Morgan fingerprint density at radius 2 is 2.12 bits per heavy atom. The Hall–Kier alpha value is -1.56. The molecular formula is C11H14N2O3S. The van der Waals surface area contributed by atoms with E-state index in [-0.39, 0.29) is 11.9 Å². The molecule has 3 N–H and O–H groups in total. The predicted molar refractivity (Wildman–Crippen MR) is 65.3 cm³/mol. The first-order chi connectivity index (χ1) is 8.04. The third-order valence-electron chi connectivity index (χ3n) is 2.68. The first-order valence-electron chi connectivity index (χ1n) is 5.32. The first kappa shape index (κ1) is 11.9. The second kappa shape index (κ2) is 4.37. The summed E-state index contributed by atoms with van der Waals surface area (Å²) < 4.78 is 4.64. The van der Waals surface area contributed by atoms with Crippen LogP contribution in [-0.4, -0.2) is 25.0 Å². The summed E-state index contributed by atoms with van der Waals surface area (Å²) in [6.07, 6.45) is 2.05. The van der Waals surface area contributed by atoms with Crippen LogP contribution in [0.2, 0.25) is 0 Å². The van der Waals surface area contributed by atoms with Crippen LogP contribution in [0.25, 0.3) is 0 Å². The predicted octanol–water partition coefficient (Wildman–Crippen LogP) is 1.32. The summed E-state index contributed by atoms with van der Waals surface area (Å²) in [6, 6.07) is 0.284. The van der Waals surface area contributed by atoms with Gasteiger partial charge in [-0.2, -0.15) is 0 Å². The number of rotatable bonds is 3. The van der Waals surface area contributed by atoms with E-state index in [1.807, 2.05) is 0 Å². The topological polar surface area (TPSA) is 81.4 Å². The average Bonchev–Trinajstić information content (AvgIpc) is 3.04. The molecule has 1 fully saturated rings. The Balaban J connectivity index is 2.28. The Kier molecular flexibility index (Phi) is 3.06. The largest absolute Gasteiger partial charge is 0.465 e. The van der Waals surface area contributed by atoms with Gasteiger partial charge in [0.05, 0.1) is 17.6 Å². The lowest BCUT2D eigenvalue weighted by atomic mass is 10.1. The van der Waals surface area contributed by atoms with Gasteiger partial charge in [-0.15, -0.1) is 11.3 Å². The van der Waals surface area contributed by atoms with E-state index in [0.717, 1.165) is 24.2 Å². The molecule has 1 saturated carbocycles. The molecule has 0 saturated heterocycles. The zero-order valence-corrected chi connectivity index (χ0v) is 10.5. The maximum absolute atomic E-state index is 11.9. The number of carbonyl (C=O) groups is 2. The number of carbonyl (C=O) groups excluding carboxylic acids is 2. The molecule has 0 unspecified atom stereocenters. The number of ether oxygens (including phenoxy) is 1. The monoisotopic (exact) mass is 254 g/mol. The smallest absolute Gasteiger partial charge is 0.341 e. The molecule has 0 aliphatic heterocycles. The molecule has 92 valence electrons. The molecule has 2 rings (SSSR count). The van der Waals surface area contributed by atoms with Crippen LogP contribution >= 0.6 is 11.3 Å². The molecule has 6 heteroatoms. The summed E-state index contributed by atoms with van der Waals surface area (Å²) in [5, 5.41) is 3.20. The van der Waals surface area contributed by atoms with Gasteiger partial charge in [0.25, 0.3) is 5.91 Å². The van der Waals surface area contributed by atoms with E-state index in [2.05, 4.69) is 10.1 Å². The normalized spacial score (nSPS) is 14.5. The molecule has 1 aliphatic rings. The van der Waals surface area contributed by atoms with Crippen molar-refractivity contribution >= 4 is 28.2 Å². The van der Waals surface area contributed by atoms with E-state index in [9.17, 15) is 9.59 Å². The number of nitrogens with one attached hydrogen (secondary N) is 1. The second-order valence-electron chi connectivity index (χ2n) is 4.03. The van der Waals surface area contributed by atoms with Gasteiger partial charge in [0, 0.05) is 6.04 Å². The van der Waals surface area contributed by atoms with Crippen LogP contribution in [0.3, 0.4) is 0 Å². The molecule has 17 heavy (non-hydrogen) atoms. The number of amides is 1. The minimum atomic E-state index is -0.498. The number of methoxy groups -OCH3 is 1. The van der Waals surface area contributed by atoms with Gasteiger partial charge in [-0.3, -0.25) is 4.79 Å². The Labute approximate surface area is 103 Å². The number of nitrogen functional groups attached to an aromatic ring is 1. The van der Waals surface area contributed by atoms with Crippen molar-refractivity contribution in [1.29, 1.82) is 0 Å². The molecule has 0 atom stereocenters. The highest BCUT2D eigenvalue weighted by Gasteiger charge is 2.28. The summed E-state index contributed by atoms with van der Waals surface area (Å²) in [6.45, 7) is 1.71. The van der Waals surface area contributed by atoms with Gasteiger partial charge in [-0.25, -0.2) is 4.79 Å². The lowest BCUT2D eigenvalue weighted by Crippen LogP contribution is -2.25. The van der Waals surface area contributed by atoms with Gasteiger partial charge in [0.2, 0.25) is 0 Å². The summed E-state index contributed by atoms with van der Waals surface area (Å²) in [7, 11) is 1.29. The molecule has 1 aromatic heterocycles. The zero-order chi connectivity index (χ0) is 12.6. The summed E-state index contributed by atoms with van der Waals surface area (Å²) in [4.78, 5) is 23.9. The Morgan fingerprint density at radius 1 is 1.47 bits per heavy atom. The van der Waals surface area contributed by atoms with E-state index in [4.69, 9.17) is 5.73 Å². The van der Waals surface area contributed by atoms with Gasteiger partial charge in [-0.05, 0) is 25.3 Å². The van der Waals surface area contributed by atoms with E-state index in [1.165, 1.54) is 7.11 Å². The lowest BCUT2D eigenvalue weighted by molar-refractivity contribution is 0.0601. The molecular weight excluding hydrogens is 240 g/mol. The molecule has 1 aromatic rings. The highest BCUT2D eigenvalue weighted by molar-refractivity contribution is 7.18. The number of nitrogens with two attached hydrogens (primary N) is 1. The molecule has 1 aliphatic carbocycles.